The standard InChI is InChI=1S/C18H22N2O3S2/c1-3-19(4-2)25(22,23)16-5-6-17-15(12-16)7-9-20(17)18(21)11-14-8-10-24-13-14/h5-6,8,10,12-13H,3-4,7,9,11H2,1-2H3. The van der Waals surface area contributed by atoms with Crippen molar-refractivity contribution in [3.8, 4) is 0 Å². The minimum absolute atomic E-state index is 0.0523. The normalized spacial score (nSPS) is 14.1. The number of nitrogens with zero attached hydrogens (tertiary/aromatic N) is 2. The van der Waals surface area contributed by atoms with Gasteiger partial charge in [0.1, 0.15) is 0 Å². The van der Waals surface area contributed by atoms with Crippen molar-refractivity contribution >= 4 is 33.0 Å². The maximum Gasteiger partial charge on any atom is 0.243 e. The monoisotopic (exact) mass is 378 g/mol. The molecule has 25 heavy (non-hydrogen) atoms. The lowest BCUT2D eigenvalue weighted by molar-refractivity contribution is -0.117. The summed E-state index contributed by atoms with van der Waals surface area (Å²) in [5.74, 6) is 0.0523. The van der Waals surface area contributed by atoms with Crippen LogP contribution in [-0.4, -0.2) is 38.3 Å². The third-order valence-electron chi connectivity index (χ3n) is 4.53. The Morgan fingerprint density at radius 3 is 2.64 bits per heavy atom. The largest absolute Gasteiger partial charge is 0.312 e. The molecule has 7 heteroatoms. The summed E-state index contributed by atoms with van der Waals surface area (Å²) in [6, 6.07) is 7.06. The predicted octanol–water partition coefficient (Wildman–Crippen LogP) is 2.91. The number of hydrogen-bond donors (Lipinski definition) is 0. The minimum Gasteiger partial charge on any atom is -0.312 e. The van der Waals surface area contributed by atoms with E-state index in [9.17, 15) is 13.2 Å². The van der Waals surface area contributed by atoms with Crippen LogP contribution in [0.5, 0.6) is 0 Å². The topological polar surface area (TPSA) is 57.7 Å². The van der Waals surface area contributed by atoms with Crippen molar-refractivity contribution in [2.75, 3.05) is 24.5 Å². The SMILES string of the molecule is CCN(CC)S(=O)(=O)c1ccc2c(c1)CCN2C(=O)Cc1ccsc1. The van der Waals surface area contributed by atoms with Crippen LogP contribution in [0.2, 0.25) is 0 Å². The van der Waals surface area contributed by atoms with Gasteiger partial charge in [0.05, 0.1) is 11.3 Å². The molecule has 2 heterocycles. The highest BCUT2D eigenvalue weighted by atomic mass is 32.2. The molecule has 0 spiro atoms. The van der Waals surface area contributed by atoms with Crippen LogP contribution < -0.4 is 4.90 Å². The maximum absolute atomic E-state index is 12.7. The number of fused-ring (bicyclic) bond motifs is 1. The van der Waals surface area contributed by atoms with Gasteiger partial charge in [-0.05, 0) is 52.6 Å². The summed E-state index contributed by atoms with van der Waals surface area (Å²) in [6.45, 7) is 5.16. The lowest BCUT2D eigenvalue weighted by atomic mass is 10.1. The first-order valence-corrected chi connectivity index (χ1v) is 10.8. The first-order valence-electron chi connectivity index (χ1n) is 8.42. The lowest BCUT2D eigenvalue weighted by Crippen LogP contribution is -2.31. The molecule has 1 aliphatic heterocycles. The van der Waals surface area contributed by atoms with Crippen molar-refractivity contribution in [3.63, 3.8) is 0 Å². The number of carbonyl (C=O) groups excluding carboxylic acids is 1. The highest BCUT2D eigenvalue weighted by molar-refractivity contribution is 7.89. The summed E-state index contributed by atoms with van der Waals surface area (Å²) in [4.78, 5) is 14.6. The summed E-state index contributed by atoms with van der Waals surface area (Å²) < 4.78 is 26.8. The third-order valence-corrected chi connectivity index (χ3v) is 7.30. The van der Waals surface area contributed by atoms with Crippen LogP contribution in [-0.2, 0) is 27.7 Å². The summed E-state index contributed by atoms with van der Waals surface area (Å²) >= 11 is 1.58. The lowest BCUT2D eigenvalue weighted by Gasteiger charge is -2.20. The van der Waals surface area contributed by atoms with E-state index in [2.05, 4.69) is 0 Å². The van der Waals surface area contributed by atoms with E-state index in [-0.39, 0.29) is 5.91 Å². The van der Waals surface area contributed by atoms with Gasteiger partial charge in [-0.15, -0.1) is 0 Å². The number of rotatable bonds is 6. The zero-order valence-corrected chi connectivity index (χ0v) is 16.1. The van der Waals surface area contributed by atoms with Gasteiger partial charge in [0.25, 0.3) is 0 Å². The van der Waals surface area contributed by atoms with Gasteiger partial charge in [-0.25, -0.2) is 8.42 Å². The molecule has 0 aliphatic carbocycles. The van der Waals surface area contributed by atoms with E-state index >= 15 is 0 Å². The predicted molar refractivity (Wildman–Crippen MR) is 101 cm³/mol. The molecule has 0 unspecified atom stereocenters. The Kier molecular flexibility index (Phi) is 5.27. The van der Waals surface area contributed by atoms with E-state index in [1.165, 1.54) is 4.31 Å². The summed E-state index contributed by atoms with van der Waals surface area (Å²) in [7, 11) is -3.47. The van der Waals surface area contributed by atoms with E-state index in [0.29, 0.717) is 37.4 Å². The number of carbonyl (C=O) groups is 1. The van der Waals surface area contributed by atoms with E-state index in [0.717, 1.165) is 16.8 Å². The summed E-state index contributed by atoms with van der Waals surface area (Å²) in [6.07, 6.45) is 1.06. The van der Waals surface area contributed by atoms with Crippen LogP contribution in [0.3, 0.4) is 0 Å². The van der Waals surface area contributed by atoms with E-state index < -0.39 is 10.0 Å². The van der Waals surface area contributed by atoms with Crippen LogP contribution >= 0.6 is 11.3 Å². The zero-order chi connectivity index (χ0) is 18.0. The number of anilines is 1. The number of hydrogen-bond acceptors (Lipinski definition) is 4. The Labute approximate surface area is 152 Å². The molecular formula is C18H22N2O3S2. The molecule has 0 radical (unpaired) electrons. The van der Waals surface area contributed by atoms with E-state index in [4.69, 9.17) is 0 Å². The second-order valence-electron chi connectivity index (χ2n) is 5.98. The van der Waals surface area contributed by atoms with Gasteiger partial charge < -0.3 is 4.90 Å². The quantitative estimate of drug-likeness (QED) is 0.777. The summed E-state index contributed by atoms with van der Waals surface area (Å²) in [5, 5.41) is 3.94. The van der Waals surface area contributed by atoms with Crippen molar-refractivity contribution in [2.45, 2.75) is 31.6 Å². The van der Waals surface area contributed by atoms with Gasteiger partial charge in [-0.1, -0.05) is 13.8 Å². The highest BCUT2D eigenvalue weighted by Gasteiger charge is 2.28. The maximum atomic E-state index is 12.7. The Morgan fingerprint density at radius 2 is 2.00 bits per heavy atom. The van der Waals surface area contributed by atoms with Crippen LogP contribution in [0, 0.1) is 0 Å². The second kappa shape index (κ2) is 7.27. The third kappa shape index (κ3) is 3.49. The first kappa shape index (κ1) is 18.1. The number of benzene rings is 1. The molecule has 1 aromatic carbocycles. The minimum atomic E-state index is -3.47. The van der Waals surface area contributed by atoms with Crippen molar-refractivity contribution < 1.29 is 13.2 Å². The molecule has 0 bridgehead atoms. The molecule has 2 aromatic rings. The Morgan fingerprint density at radius 1 is 1.24 bits per heavy atom. The number of amides is 1. The van der Waals surface area contributed by atoms with Crippen LogP contribution in [0.1, 0.15) is 25.0 Å². The van der Waals surface area contributed by atoms with Crippen molar-refractivity contribution in [1.82, 2.24) is 4.31 Å². The molecule has 0 saturated heterocycles. The molecular weight excluding hydrogens is 356 g/mol. The van der Waals surface area contributed by atoms with Crippen molar-refractivity contribution in [1.29, 1.82) is 0 Å². The van der Waals surface area contributed by atoms with Gasteiger partial charge in [0.15, 0.2) is 0 Å². The Bertz CT molecular complexity index is 856. The van der Waals surface area contributed by atoms with Gasteiger partial charge in [-0.3, -0.25) is 4.79 Å². The van der Waals surface area contributed by atoms with Crippen LogP contribution in [0.25, 0.3) is 0 Å². The fourth-order valence-corrected chi connectivity index (χ4v) is 5.35. The van der Waals surface area contributed by atoms with Crippen molar-refractivity contribution in [2.24, 2.45) is 0 Å². The van der Waals surface area contributed by atoms with Crippen LogP contribution in [0.15, 0.2) is 39.9 Å². The fraction of sp³-hybridized carbons (Fsp3) is 0.389. The fourth-order valence-electron chi connectivity index (χ4n) is 3.17. The first-order chi connectivity index (χ1) is 12.0. The van der Waals surface area contributed by atoms with Gasteiger partial charge >= 0.3 is 0 Å². The number of thiophene rings is 1. The molecule has 134 valence electrons. The van der Waals surface area contributed by atoms with Crippen LogP contribution in [0.4, 0.5) is 5.69 Å². The van der Waals surface area contributed by atoms with Crippen molar-refractivity contribution in [3.05, 3.63) is 46.2 Å². The van der Waals surface area contributed by atoms with Gasteiger partial charge in [-0.2, -0.15) is 15.6 Å². The molecule has 5 nitrogen and oxygen atoms in total. The molecule has 1 aliphatic rings. The molecule has 0 saturated carbocycles. The second-order valence-corrected chi connectivity index (χ2v) is 8.70. The highest BCUT2D eigenvalue weighted by Crippen LogP contribution is 2.31. The van der Waals surface area contributed by atoms with Gasteiger partial charge in [0, 0.05) is 25.3 Å². The Hall–Kier alpha value is -1.70. The molecule has 0 fully saturated rings. The molecule has 1 amide bonds. The molecule has 0 atom stereocenters. The van der Waals surface area contributed by atoms with Gasteiger partial charge in [0.2, 0.25) is 15.9 Å². The average molecular weight is 379 g/mol. The average Bonchev–Trinajstić information content (AvgIpc) is 3.24. The Balaban J connectivity index is 1.84. The smallest absolute Gasteiger partial charge is 0.243 e. The molecule has 0 N–H and O–H groups in total. The summed E-state index contributed by atoms with van der Waals surface area (Å²) in [5.41, 5.74) is 2.77. The molecule has 3 rings (SSSR count). The zero-order valence-electron chi connectivity index (χ0n) is 14.4. The molecule has 1 aromatic heterocycles. The van der Waals surface area contributed by atoms with E-state index in [1.807, 2.05) is 30.7 Å². The number of sulfonamides is 1. The van der Waals surface area contributed by atoms with E-state index in [1.54, 1.807) is 34.4 Å².